The fourth-order valence-corrected chi connectivity index (χ4v) is 3.31. The Kier molecular flexibility index (Phi) is 3.36. The maximum absolute atomic E-state index is 12.0. The van der Waals surface area contributed by atoms with Gasteiger partial charge in [-0.15, -0.1) is 11.3 Å². The highest BCUT2D eigenvalue weighted by Gasteiger charge is 2.24. The minimum absolute atomic E-state index is 0.112. The van der Waals surface area contributed by atoms with Crippen LogP contribution in [0.5, 0.6) is 0 Å². The van der Waals surface area contributed by atoms with E-state index < -0.39 is 0 Å². The lowest BCUT2D eigenvalue weighted by atomic mass is 10.2. The van der Waals surface area contributed by atoms with Crippen molar-refractivity contribution in [1.29, 1.82) is 0 Å². The summed E-state index contributed by atoms with van der Waals surface area (Å²) in [5, 5.41) is 6.37. The maximum Gasteiger partial charge on any atom is 0.255 e. The Morgan fingerprint density at radius 2 is 2.45 bits per heavy atom. The first-order valence-electron chi connectivity index (χ1n) is 7.12. The van der Waals surface area contributed by atoms with Crippen LogP contribution >= 0.6 is 11.3 Å². The van der Waals surface area contributed by atoms with Gasteiger partial charge in [-0.25, -0.2) is 9.97 Å². The molecule has 22 heavy (non-hydrogen) atoms. The average molecular weight is 314 g/mol. The van der Waals surface area contributed by atoms with E-state index in [1.165, 1.54) is 11.3 Å². The van der Waals surface area contributed by atoms with E-state index >= 15 is 0 Å². The van der Waals surface area contributed by atoms with Crippen LogP contribution in [0.25, 0.3) is 22.3 Å². The summed E-state index contributed by atoms with van der Waals surface area (Å²) in [4.78, 5) is 23.9. The molecule has 1 atom stereocenters. The Bertz CT molecular complexity index is 820. The Morgan fingerprint density at radius 3 is 3.32 bits per heavy atom. The molecule has 0 saturated carbocycles. The molecule has 2 N–H and O–H groups in total. The third-order valence-corrected chi connectivity index (χ3v) is 4.44. The monoisotopic (exact) mass is 314 g/mol. The lowest BCUT2D eigenvalue weighted by Crippen LogP contribution is -2.26. The summed E-state index contributed by atoms with van der Waals surface area (Å²) in [5.41, 5.74) is 2.64. The number of pyridine rings is 1. The van der Waals surface area contributed by atoms with E-state index in [1.807, 2.05) is 23.7 Å². The van der Waals surface area contributed by atoms with Gasteiger partial charge in [0.1, 0.15) is 11.8 Å². The van der Waals surface area contributed by atoms with Crippen molar-refractivity contribution >= 4 is 33.4 Å². The van der Waals surface area contributed by atoms with Crippen LogP contribution in [-0.2, 0) is 9.53 Å². The second kappa shape index (κ2) is 5.51. The van der Waals surface area contributed by atoms with Crippen molar-refractivity contribution in [3.8, 4) is 11.3 Å². The molecule has 1 amide bonds. The number of anilines is 1. The van der Waals surface area contributed by atoms with E-state index in [4.69, 9.17) is 4.74 Å². The maximum atomic E-state index is 12.0. The van der Waals surface area contributed by atoms with Gasteiger partial charge in [-0.1, -0.05) is 0 Å². The summed E-state index contributed by atoms with van der Waals surface area (Å²) in [6.45, 7) is 0.656. The third kappa shape index (κ3) is 2.38. The molecule has 0 aliphatic carbocycles. The summed E-state index contributed by atoms with van der Waals surface area (Å²) in [5.74, 6) is -0.112. The van der Waals surface area contributed by atoms with Gasteiger partial charge in [0.15, 0.2) is 5.13 Å². The number of carbonyl (C=O) groups is 1. The lowest BCUT2D eigenvalue weighted by molar-refractivity contribution is -0.124. The van der Waals surface area contributed by atoms with E-state index in [9.17, 15) is 4.79 Å². The molecule has 3 aromatic rings. The molecule has 6 nitrogen and oxygen atoms in total. The van der Waals surface area contributed by atoms with Crippen LogP contribution in [0.2, 0.25) is 0 Å². The van der Waals surface area contributed by atoms with Gasteiger partial charge >= 0.3 is 0 Å². The Morgan fingerprint density at radius 1 is 1.50 bits per heavy atom. The van der Waals surface area contributed by atoms with E-state index in [2.05, 4.69) is 20.3 Å². The van der Waals surface area contributed by atoms with Crippen molar-refractivity contribution in [3.05, 3.63) is 29.9 Å². The van der Waals surface area contributed by atoms with E-state index in [0.717, 1.165) is 35.1 Å². The summed E-state index contributed by atoms with van der Waals surface area (Å²) in [6, 6.07) is 3.89. The second-order valence-electron chi connectivity index (χ2n) is 5.13. The number of rotatable bonds is 3. The van der Waals surface area contributed by atoms with Crippen LogP contribution in [0, 0.1) is 0 Å². The Labute approximate surface area is 130 Å². The van der Waals surface area contributed by atoms with Gasteiger partial charge in [-0.2, -0.15) is 0 Å². The van der Waals surface area contributed by atoms with Crippen molar-refractivity contribution < 1.29 is 9.53 Å². The normalized spacial score (nSPS) is 17.9. The Balaban J connectivity index is 1.57. The number of hydrogen-bond donors (Lipinski definition) is 2. The largest absolute Gasteiger partial charge is 0.368 e. The number of fused-ring (bicyclic) bond motifs is 1. The van der Waals surface area contributed by atoms with Gasteiger partial charge in [0, 0.05) is 35.3 Å². The lowest BCUT2D eigenvalue weighted by Gasteiger charge is -2.07. The predicted octanol–water partition coefficient (Wildman–Crippen LogP) is 2.80. The number of nitrogens with zero attached hydrogens (tertiary/aromatic N) is 2. The van der Waals surface area contributed by atoms with Crippen LogP contribution in [0.15, 0.2) is 29.9 Å². The number of carbonyl (C=O) groups excluding carboxylic acids is 1. The molecule has 1 saturated heterocycles. The molecule has 3 aromatic heterocycles. The quantitative estimate of drug-likeness (QED) is 0.779. The first-order chi connectivity index (χ1) is 10.8. The van der Waals surface area contributed by atoms with Gasteiger partial charge in [0.25, 0.3) is 5.91 Å². The number of nitrogens with one attached hydrogen (secondary N) is 2. The number of thiazole rings is 1. The molecule has 0 spiro atoms. The third-order valence-electron chi connectivity index (χ3n) is 3.68. The fourth-order valence-electron chi connectivity index (χ4n) is 2.59. The van der Waals surface area contributed by atoms with Crippen molar-refractivity contribution in [2.24, 2.45) is 0 Å². The van der Waals surface area contributed by atoms with Crippen LogP contribution < -0.4 is 5.32 Å². The minimum Gasteiger partial charge on any atom is -0.368 e. The van der Waals surface area contributed by atoms with Crippen LogP contribution in [0.4, 0.5) is 5.13 Å². The first kappa shape index (κ1) is 13.4. The number of aromatic amines is 1. The molecule has 4 heterocycles. The number of ether oxygens (including phenoxy) is 1. The first-order valence-corrected chi connectivity index (χ1v) is 8.00. The molecule has 7 heteroatoms. The van der Waals surface area contributed by atoms with E-state index in [-0.39, 0.29) is 12.0 Å². The Hall–Kier alpha value is -2.25. The molecule has 1 fully saturated rings. The zero-order valence-corrected chi connectivity index (χ0v) is 12.5. The zero-order valence-electron chi connectivity index (χ0n) is 11.7. The van der Waals surface area contributed by atoms with Crippen molar-refractivity contribution in [2.75, 3.05) is 11.9 Å². The summed E-state index contributed by atoms with van der Waals surface area (Å²) in [7, 11) is 0. The van der Waals surface area contributed by atoms with Gasteiger partial charge in [0.2, 0.25) is 0 Å². The fraction of sp³-hybridized carbons (Fsp3) is 0.267. The molecule has 1 aliphatic heterocycles. The minimum atomic E-state index is -0.343. The number of hydrogen-bond acceptors (Lipinski definition) is 5. The van der Waals surface area contributed by atoms with Gasteiger partial charge in [-0.05, 0) is 25.0 Å². The highest BCUT2D eigenvalue weighted by atomic mass is 32.1. The standard InChI is InChI=1S/C15H14N4O2S/c20-14(12-4-2-6-21-12)19-15-18-11(8-22-15)10-7-17-13-9(10)3-1-5-16-13/h1,3,5,7-8,12H,2,4,6H2,(H,16,17)(H,18,19,20). The average Bonchev–Trinajstić information content (AvgIpc) is 3.27. The van der Waals surface area contributed by atoms with Crippen molar-refractivity contribution in [2.45, 2.75) is 18.9 Å². The van der Waals surface area contributed by atoms with Gasteiger partial charge < -0.3 is 9.72 Å². The topological polar surface area (TPSA) is 79.9 Å². The molecule has 112 valence electrons. The molecule has 0 bridgehead atoms. The van der Waals surface area contributed by atoms with Gasteiger partial charge in [-0.3, -0.25) is 10.1 Å². The summed E-state index contributed by atoms with van der Waals surface area (Å²) < 4.78 is 5.38. The second-order valence-corrected chi connectivity index (χ2v) is 5.99. The molecular weight excluding hydrogens is 300 g/mol. The highest BCUT2D eigenvalue weighted by molar-refractivity contribution is 7.14. The van der Waals surface area contributed by atoms with Crippen molar-refractivity contribution in [3.63, 3.8) is 0 Å². The van der Waals surface area contributed by atoms with Crippen LogP contribution in [0.1, 0.15) is 12.8 Å². The number of aromatic nitrogens is 3. The van der Waals surface area contributed by atoms with Crippen molar-refractivity contribution in [1.82, 2.24) is 15.0 Å². The molecular formula is C15H14N4O2S. The number of H-pyrrole nitrogens is 1. The van der Waals surface area contributed by atoms with Crippen LogP contribution in [0.3, 0.4) is 0 Å². The summed E-state index contributed by atoms with van der Waals surface area (Å²) in [6.07, 6.45) is 5.00. The molecule has 0 aromatic carbocycles. The zero-order chi connectivity index (χ0) is 14.9. The van der Waals surface area contributed by atoms with E-state index in [1.54, 1.807) is 6.20 Å². The highest BCUT2D eigenvalue weighted by Crippen LogP contribution is 2.30. The smallest absolute Gasteiger partial charge is 0.255 e. The van der Waals surface area contributed by atoms with Crippen LogP contribution in [-0.4, -0.2) is 33.6 Å². The molecule has 0 radical (unpaired) electrons. The molecule has 1 unspecified atom stereocenters. The molecule has 4 rings (SSSR count). The SMILES string of the molecule is O=C(Nc1nc(-c2c[nH]c3ncccc23)cs1)C1CCCO1. The van der Waals surface area contributed by atoms with E-state index in [0.29, 0.717) is 11.7 Å². The number of amides is 1. The summed E-state index contributed by atoms with van der Waals surface area (Å²) >= 11 is 1.41. The van der Waals surface area contributed by atoms with Gasteiger partial charge in [0.05, 0.1) is 5.69 Å². The predicted molar refractivity (Wildman–Crippen MR) is 84.8 cm³/mol. The molecule has 1 aliphatic rings.